The van der Waals surface area contributed by atoms with Crippen LogP contribution in [0.15, 0.2) is 30.1 Å². The van der Waals surface area contributed by atoms with E-state index in [0.29, 0.717) is 11.5 Å². The van der Waals surface area contributed by atoms with E-state index in [9.17, 15) is 4.39 Å². The maximum Gasteiger partial charge on any atom is 0.141 e. The van der Waals surface area contributed by atoms with Gasteiger partial charge in [-0.1, -0.05) is 0 Å². The van der Waals surface area contributed by atoms with Crippen molar-refractivity contribution in [3.05, 3.63) is 35.9 Å². The molecule has 1 aliphatic rings. The largest absolute Gasteiger partial charge is 0.346 e. The molecule has 1 aliphatic heterocycles. The van der Waals surface area contributed by atoms with Crippen LogP contribution in [0.3, 0.4) is 0 Å². The molecular weight excluding hydrogens is 219 g/mol. The van der Waals surface area contributed by atoms with Gasteiger partial charge in [0.2, 0.25) is 0 Å². The van der Waals surface area contributed by atoms with Gasteiger partial charge in [-0.3, -0.25) is 0 Å². The Balaban J connectivity index is 2.04. The number of nitrogens with zero attached hydrogens (tertiary/aromatic N) is 2. The highest BCUT2D eigenvalue weighted by molar-refractivity contribution is 5.99. The Morgan fingerprint density at radius 3 is 3.06 bits per heavy atom. The number of hydrogen-bond donors (Lipinski definition) is 2. The molecule has 5 heteroatoms. The maximum atomic E-state index is 12.6. The summed E-state index contributed by atoms with van der Waals surface area (Å²) in [5.74, 6) is 0.230. The molecule has 1 aromatic rings. The highest BCUT2D eigenvalue weighted by atomic mass is 19.1. The molecule has 1 fully saturated rings. The molecule has 17 heavy (non-hydrogen) atoms. The molecule has 0 radical (unpaired) electrons. The van der Waals surface area contributed by atoms with Crippen LogP contribution in [0.5, 0.6) is 0 Å². The summed E-state index contributed by atoms with van der Waals surface area (Å²) in [6, 6.07) is 2.93. The van der Waals surface area contributed by atoms with E-state index in [1.165, 1.54) is 12.3 Å². The standard InChI is InChI=1S/C12H15FN4/c1-17-5-4-11(14)9(8-17)6-15-12-3-2-10(13)7-16-12/h2-3,6-7,14H,4-5,8H2,1H3,(H,15,16)/b9-6-,14-11?. The number of pyridine rings is 1. The Morgan fingerprint density at radius 1 is 1.53 bits per heavy atom. The predicted molar refractivity (Wildman–Crippen MR) is 65.7 cm³/mol. The van der Waals surface area contributed by atoms with Crippen molar-refractivity contribution in [1.29, 1.82) is 5.41 Å². The molecule has 2 rings (SSSR count). The fourth-order valence-corrected chi connectivity index (χ4v) is 1.68. The average molecular weight is 234 g/mol. The van der Waals surface area contributed by atoms with Gasteiger partial charge in [0.05, 0.1) is 6.20 Å². The van der Waals surface area contributed by atoms with Gasteiger partial charge in [-0.05, 0) is 19.2 Å². The van der Waals surface area contributed by atoms with E-state index >= 15 is 0 Å². The molecule has 0 spiro atoms. The third kappa shape index (κ3) is 3.10. The molecule has 2 N–H and O–H groups in total. The molecule has 1 saturated heterocycles. The van der Waals surface area contributed by atoms with Gasteiger partial charge in [-0.2, -0.15) is 0 Å². The summed E-state index contributed by atoms with van der Waals surface area (Å²) in [7, 11) is 2.02. The van der Waals surface area contributed by atoms with E-state index in [0.717, 1.165) is 25.1 Å². The third-order valence-electron chi connectivity index (χ3n) is 2.69. The summed E-state index contributed by atoms with van der Waals surface area (Å²) in [4.78, 5) is 6.05. The lowest BCUT2D eigenvalue weighted by Crippen LogP contribution is -2.32. The molecule has 0 bridgehead atoms. The highest BCUT2D eigenvalue weighted by Gasteiger charge is 2.15. The van der Waals surface area contributed by atoms with Gasteiger partial charge < -0.3 is 15.6 Å². The maximum absolute atomic E-state index is 12.6. The third-order valence-corrected chi connectivity index (χ3v) is 2.69. The van der Waals surface area contributed by atoms with Crippen LogP contribution >= 0.6 is 0 Å². The van der Waals surface area contributed by atoms with Gasteiger partial charge in [0.1, 0.15) is 11.6 Å². The van der Waals surface area contributed by atoms with Crippen molar-refractivity contribution in [2.75, 3.05) is 25.5 Å². The second-order valence-corrected chi connectivity index (χ2v) is 4.14. The van der Waals surface area contributed by atoms with Crippen molar-refractivity contribution in [2.45, 2.75) is 6.42 Å². The molecule has 4 nitrogen and oxygen atoms in total. The van der Waals surface area contributed by atoms with E-state index in [1.54, 1.807) is 12.3 Å². The van der Waals surface area contributed by atoms with E-state index in [2.05, 4.69) is 15.2 Å². The van der Waals surface area contributed by atoms with Crippen LogP contribution in [0.4, 0.5) is 10.2 Å². The summed E-state index contributed by atoms with van der Waals surface area (Å²) < 4.78 is 12.6. The van der Waals surface area contributed by atoms with Gasteiger partial charge in [-0.25, -0.2) is 9.37 Å². The minimum atomic E-state index is -0.353. The molecule has 2 heterocycles. The Kier molecular flexibility index (Phi) is 3.49. The fraction of sp³-hybridized carbons (Fsp3) is 0.333. The van der Waals surface area contributed by atoms with Crippen LogP contribution in [-0.4, -0.2) is 35.7 Å². The van der Waals surface area contributed by atoms with E-state index in [-0.39, 0.29) is 5.82 Å². The zero-order valence-corrected chi connectivity index (χ0v) is 9.70. The summed E-state index contributed by atoms with van der Waals surface area (Å²) in [5, 5.41) is 10.8. The quantitative estimate of drug-likeness (QED) is 0.821. The molecule has 1 aromatic heterocycles. The number of likely N-dealkylation sites (N-methyl/N-ethyl adjacent to an activating group) is 1. The minimum absolute atomic E-state index is 0.353. The van der Waals surface area contributed by atoms with Crippen LogP contribution in [0.1, 0.15) is 6.42 Å². The van der Waals surface area contributed by atoms with Crippen LogP contribution in [0.2, 0.25) is 0 Å². The van der Waals surface area contributed by atoms with Crippen molar-refractivity contribution in [2.24, 2.45) is 0 Å². The Morgan fingerprint density at radius 2 is 2.35 bits per heavy atom. The van der Waals surface area contributed by atoms with Crippen molar-refractivity contribution in [3.8, 4) is 0 Å². The zero-order valence-electron chi connectivity index (χ0n) is 9.70. The number of nitrogens with one attached hydrogen (secondary N) is 2. The summed E-state index contributed by atoms with van der Waals surface area (Å²) in [5.41, 5.74) is 1.60. The lowest BCUT2D eigenvalue weighted by Gasteiger charge is -2.25. The lowest BCUT2D eigenvalue weighted by molar-refractivity contribution is 0.364. The highest BCUT2D eigenvalue weighted by Crippen LogP contribution is 2.11. The molecule has 0 aromatic carbocycles. The predicted octanol–water partition coefficient (Wildman–Crippen LogP) is 1.87. The molecule has 0 amide bonds. The monoisotopic (exact) mass is 234 g/mol. The molecule has 0 unspecified atom stereocenters. The summed E-state index contributed by atoms with van der Waals surface area (Å²) in [6.07, 6.45) is 3.71. The first kappa shape index (κ1) is 11.7. The van der Waals surface area contributed by atoms with Crippen molar-refractivity contribution in [3.63, 3.8) is 0 Å². The fourth-order valence-electron chi connectivity index (χ4n) is 1.68. The molecule has 0 saturated carbocycles. The second-order valence-electron chi connectivity index (χ2n) is 4.14. The van der Waals surface area contributed by atoms with Gasteiger partial charge in [0.25, 0.3) is 0 Å². The first-order chi connectivity index (χ1) is 8.15. The number of halogens is 1. The number of piperidine rings is 1. The van der Waals surface area contributed by atoms with Crippen LogP contribution < -0.4 is 5.32 Å². The first-order valence-corrected chi connectivity index (χ1v) is 5.48. The topological polar surface area (TPSA) is 52.0 Å². The normalized spacial score (nSPS) is 19.6. The molecule has 90 valence electrons. The lowest BCUT2D eigenvalue weighted by atomic mass is 10.0. The smallest absolute Gasteiger partial charge is 0.141 e. The van der Waals surface area contributed by atoms with E-state index < -0.39 is 0 Å². The Hall–Kier alpha value is -1.75. The molecular formula is C12H15FN4. The van der Waals surface area contributed by atoms with Crippen molar-refractivity contribution < 1.29 is 4.39 Å². The van der Waals surface area contributed by atoms with Gasteiger partial charge in [0.15, 0.2) is 0 Å². The Bertz CT molecular complexity index is 438. The number of rotatable bonds is 2. The second kappa shape index (κ2) is 5.05. The van der Waals surface area contributed by atoms with Gasteiger partial charge >= 0.3 is 0 Å². The Labute approximate surface area is 99.7 Å². The zero-order chi connectivity index (χ0) is 12.3. The minimum Gasteiger partial charge on any atom is -0.346 e. The van der Waals surface area contributed by atoms with Crippen molar-refractivity contribution in [1.82, 2.24) is 9.88 Å². The first-order valence-electron chi connectivity index (χ1n) is 5.48. The number of hydrogen-bond acceptors (Lipinski definition) is 4. The molecule has 0 aliphatic carbocycles. The average Bonchev–Trinajstić information content (AvgIpc) is 2.32. The van der Waals surface area contributed by atoms with Crippen LogP contribution in [0, 0.1) is 11.2 Å². The van der Waals surface area contributed by atoms with E-state index in [4.69, 9.17) is 5.41 Å². The number of likely N-dealkylation sites (tertiary alicyclic amines) is 1. The summed E-state index contributed by atoms with van der Waals surface area (Å²) >= 11 is 0. The van der Waals surface area contributed by atoms with Crippen LogP contribution in [0.25, 0.3) is 0 Å². The van der Waals surface area contributed by atoms with E-state index in [1.807, 2.05) is 7.05 Å². The SMILES string of the molecule is CN1CCC(=N)/C(=C\Nc2ccc(F)cn2)C1. The van der Waals surface area contributed by atoms with Crippen LogP contribution in [-0.2, 0) is 0 Å². The molecule has 0 atom stereocenters. The summed E-state index contributed by atoms with van der Waals surface area (Å²) in [6.45, 7) is 1.68. The van der Waals surface area contributed by atoms with Gasteiger partial charge in [0, 0.05) is 37.0 Å². The van der Waals surface area contributed by atoms with Crippen molar-refractivity contribution >= 4 is 11.5 Å². The number of aromatic nitrogens is 1. The van der Waals surface area contributed by atoms with Gasteiger partial charge in [-0.15, -0.1) is 0 Å². The number of anilines is 1.